The van der Waals surface area contributed by atoms with E-state index in [1.807, 2.05) is 0 Å². The van der Waals surface area contributed by atoms with Gasteiger partial charge in [-0.3, -0.25) is 19.3 Å². The zero-order valence-corrected chi connectivity index (χ0v) is 11.7. The average Bonchev–Trinajstić information content (AvgIpc) is 2.55. The summed E-state index contributed by atoms with van der Waals surface area (Å²) >= 11 is 3.25. The number of carbonyl (C=O) groups excluding carboxylic acids is 3. The highest BCUT2D eigenvalue weighted by Gasteiger charge is 2.38. The summed E-state index contributed by atoms with van der Waals surface area (Å²) < 4.78 is 0.581. The number of fused-ring (bicyclic) bond motifs is 1. The Kier molecular flexibility index (Phi) is 3.34. The van der Waals surface area contributed by atoms with Gasteiger partial charge in [0.25, 0.3) is 11.7 Å². The maximum Gasteiger partial charge on any atom is 0.299 e. The van der Waals surface area contributed by atoms with Crippen LogP contribution in [0.5, 0.6) is 0 Å². The number of amides is 1. The fraction of sp³-hybridized carbons (Fsp3) is 0.308. The SMILES string of the molecule is CC(C)C(=O)CN1C(=O)C(=O)c2c(Br)cccc21. The predicted molar refractivity (Wildman–Crippen MR) is 70.7 cm³/mol. The molecule has 2 rings (SSSR count). The molecule has 5 heteroatoms. The lowest BCUT2D eigenvalue weighted by molar-refractivity contribution is -0.122. The van der Waals surface area contributed by atoms with Crippen LogP contribution in [-0.2, 0) is 9.59 Å². The fourth-order valence-corrected chi connectivity index (χ4v) is 2.33. The monoisotopic (exact) mass is 309 g/mol. The van der Waals surface area contributed by atoms with Crippen molar-refractivity contribution in [2.45, 2.75) is 13.8 Å². The third-order valence-electron chi connectivity index (χ3n) is 2.91. The molecule has 0 bridgehead atoms. The molecule has 18 heavy (non-hydrogen) atoms. The standard InChI is InChI=1S/C13H12BrNO3/c1-7(2)10(16)6-15-9-5-3-4-8(14)11(9)12(17)13(15)18/h3-5,7H,6H2,1-2H3. The van der Waals surface area contributed by atoms with Crippen LogP contribution in [0.3, 0.4) is 0 Å². The summed E-state index contributed by atoms with van der Waals surface area (Å²) in [6, 6.07) is 5.12. The van der Waals surface area contributed by atoms with Crippen LogP contribution < -0.4 is 4.90 Å². The van der Waals surface area contributed by atoms with Gasteiger partial charge in [-0.1, -0.05) is 19.9 Å². The van der Waals surface area contributed by atoms with Gasteiger partial charge in [-0.25, -0.2) is 0 Å². The van der Waals surface area contributed by atoms with Crippen LogP contribution in [0.4, 0.5) is 5.69 Å². The van der Waals surface area contributed by atoms with Crippen LogP contribution in [0.25, 0.3) is 0 Å². The lowest BCUT2D eigenvalue weighted by atomic mass is 10.1. The van der Waals surface area contributed by atoms with Gasteiger partial charge in [-0.15, -0.1) is 0 Å². The van der Waals surface area contributed by atoms with Crippen molar-refractivity contribution in [2.75, 3.05) is 11.4 Å². The zero-order valence-electron chi connectivity index (χ0n) is 10.1. The van der Waals surface area contributed by atoms with Gasteiger partial charge in [0.1, 0.15) is 0 Å². The Morgan fingerprint density at radius 1 is 1.33 bits per heavy atom. The molecule has 0 N–H and O–H groups in total. The summed E-state index contributed by atoms with van der Waals surface area (Å²) in [5, 5.41) is 0. The number of anilines is 1. The summed E-state index contributed by atoms with van der Waals surface area (Å²) in [4.78, 5) is 36.7. The van der Waals surface area contributed by atoms with Gasteiger partial charge in [-0.05, 0) is 28.1 Å². The minimum atomic E-state index is -0.633. The first-order valence-electron chi connectivity index (χ1n) is 5.61. The molecule has 0 spiro atoms. The highest BCUT2D eigenvalue weighted by molar-refractivity contribution is 9.10. The molecule has 1 heterocycles. The van der Waals surface area contributed by atoms with Crippen LogP contribution in [0.2, 0.25) is 0 Å². The van der Waals surface area contributed by atoms with Crippen LogP contribution in [0.15, 0.2) is 22.7 Å². The molecule has 0 unspecified atom stereocenters. The highest BCUT2D eigenvalue weighted by Crippen LogP contribution is 2.34. The summed E-state index contributed by atoms with van der Waals surface area (Å²) in [7, 11) is 0. The topological polar surface area (TPSA) is 54.5 Å². The van der Waals surface area contributed by atoms with Crippen molar-refractivity contribution in [3.8, 4) is 0 Å². The van der Waals surface area contributed by atoms with Crippen LogP contribution in [0.1, 0.15) is 24.2 Å². The number of hydrogen-bond donors (Lipinski definition) is 0. The van der Waals surface area contributed by atoms with E-state index in [9.17, 15) is 14.4 Å². The van der Waals surface area contributed by atoms with Crippen molar-refractivity contribution in [3.05, 3.63) is 28.2 Å². The second-order valence-corrected chi connectivity index (χ2v) is 5.33. The van der Waals surface area contributed by atoms with Gasteiger partial charge >= 0.3 is 0 Å². The van der Waals surface area contributed by atoms with Crippen molar-refractivity contribution in [3.63, 3.8) is 0 Å². The number of benzene rings is 1. The molecule has 1 aliphatic heterocycles. The van der Waals surface area contributed by atoms with Crippen molar-refractivity contribution in [2.24, 2.45) is 5.92 Å². The van der Waals surface area contributed by atoms with E-state index < -0.39 is 11.7 Å². The predicted octanol–water partition coefficient (Wildman–Crippen LogP) is 2.20. The van der Waals surface area contributed by atoms with Gasteiger partial charge < -0.3 is 0 Å². The smallest absolute Gasteiger partial charge is 0.297 e. The summed E-state index contributed by atoms with van der Waals surface area (Å²) in [6.07, 6.45) is 0. The van der Waals surface area contributed by atoms with Crippen molar-refractivity contribution < 1.29 is 14.4 Å². The molecule has 1 aromatic carbocycles. The number of rotatable bonds is 3. The van der Waals surface area contributed by atoms with E-state index in [0.717, 1.165) is 0 Å². The Labute approximate surface area is 113 Å². The molecular formula is C13H12BrNO3. The summed E-state index contributed by atoms with van der Waals surface area (Å²) in [6.45, 7) is 3.49. The van der Waals surface area contributed by atoms with E-state index in [2.05, 4.69) is 15.9 Å². The third kappa shape index (κ3) is 1.99. The molecular weight excluding hydrogens is 298 g/mol. The minimum Gasteiger partial charge on any atom is -0.297 e. The van der Waals surface area contributed by atoms with Crippen molar-refractivity contribution >= 4 is 39.1 Å². The number of hydrogen-bond acceptors (Lipinski definition) is 3. The summed E-state index contributed by atoms with van der Waals surface area (Å²) in [5.74, 6) is -1.42. The maximum atomic E-state index is 11.9. The van der Waals surface area contributed by atoms with E-state index in [4.69, 9.17) is 0 Å². The van der Waals surface area contributed by atoms with Gasteiger partial charge in [0.2, 0.25) is 0 Å². The Bertz CT molecular complexity index is 551. The first-order chi connectivity index (χ1) is 8.43. The molecule has 0 atom stereocenters. The zero-order chi connectivity index (χ0) is 13.4. The molecule has 0 aliphatic carbocycles. The molecule has 4 nitrogen and oxygen atoms in total. The van der Waals surface area contributed by atoms with E-state index in [1.54, 1.807) is 32.0 Å². The second kappa shape index (κ2) is 4.65. The van der Waals surface area contributed by atoms with Crippen molar-refractivity contribution in [1.82, 2.24) is 0 Å². The molecule has 0 aromatic heterocycles. The fourth-order valence-electron chi connectivity index (χ4n) is 1.80. The number of ketones is 2. The number of nitrogens with zero attached hydrogens (tertiary/aromatic N) is 1. The van der Waals surface area contributed by atoms with Crippen molar-refractivity contribution in [1.29, 1.82) is 0 Å². The van der Waals surface area contributed by atoms with E-state index in [0.29, 0.717) is 15.7 Å². The first kappa shape index (κ1) is 13.0. The number of carbonyl (C=O) groups is 3. The third-order valence-corrected chi connectivity index (χ3v) is 3.57. The lowest BCUT2D eigenvalue weighted by Gasteiger charge is -2.16. The van der Waals surface area contributed by atoms with Crippen LogP contribution in [-0.4, -0.2) is 24.0 Å². The molecule has 0 radical (unpaired) electrons. The van der Waals surface area contributed by atoms with Gasteiger partial charge in [-0.2, -0.15) is 0 Å². The highest BCUT2D eigenvalue weighted by atomic mass is 79.9. The second-order valence-electron chi connectivity index (χ2n) is 4.48. The van der Waals surface area contributed by atoms with Crippen LogP contribution >= 0.6 is 15.9 Å². The minimum absolute atomic E-state index is 0.0499. The molecule has 1 amide bonds. The molecule has 0 saturated carbocycles. The average molecular weight is 310 g/mol. The Balaban J connectivity index is 2.41. The molecule has 1 aromatic rings. The van der Waals surface area contributed by atoms with E-state index in [1.165, 1.54) is 4.90 Å². The van der Waals surface area contributed by atoms with Crippen LogP contribution in [0, 0.1) is 5.92 Å². The van der Waals surface area contributed by atoms with Gasteiger partial charge in [0.15, 0.2) is 5.78 Å². The summed E-state index contributed by atoms with van der Waals surface area (Å²) in [5.41, 5.74) is 0.854. The Hall–Kier alpha value is -1.49. The quantitative estimate of drug-likeness (QED) is 0.804. The largest absolute Gasteiger partial charge is 0.299 e. The first-order valence-corrected chi connectivity index (χ1v) is 6.40. The molecule has 0 saturated heterocycles. The van der Waals surface area contributed by atoms with E-state index in [-0.39, 0.29) is 18.2 Å². The van der Waals surface area contributed by atoms with Gasteiger partial charge in [0.05, 0.1) is 17.8 Å². The number of halogens is 1. The molecule has 94 valence electrons. The maximum absolute atomic E-state index is 11.9. The number of Topliss-reactive ketones (excluding diaryl/α,β-unsaturated/α-hetero) is 2. The van der Waals surface area contributed by atoms with Gasteiger partial charge in [0, 0.05) is 10.4 Å². The lowest BCUT2D eigenvalue weighted by Crippen LogP contribution is -2.36. The Morgan fingerprint density at radius 2 is 2.00 bits per heavy atom. The normalized spacial score (nSPS) is 14.3. The molecule has 1 aliphatic rings. The molecule has 0 fully saturated rings. The Morgan fingerprint density at radius 3 is 2.61 bits per heavy atom. The van der Waals surface area contributed by atoms with E-state index >= 15 is 0 Å².